The maximum Gasteiger partial charge on any atom is 0.340 e. The van der Waals surface area contributed by atoms with Gasteiger partial charge in [-0.25, -0.2) is 4.79 Å². The second kappa shape index (κ2) is 5.39. The van der Waals surface area contributed by atoms with Crippen molar-refractivity contribution in [3.8, 4) is 0 Å². The maximum atomic E-state index is 12.6. The first-order chi connectivity index (χ1) is 10.1. The monoisotopic (exact) mass is 301 g/mol. The Kier molecular flexibility index (Phi) is 3.57. The van der Waals surface area contributed by atoms with Crippen molar-refractivity contribution < 1.29 is 4.79 Å². The van der Waals surface area contributed by atoms with Crippen LogP contribution < -0.4 is 4.90 Å². The Morgan fingerprint density at radius 1 is 0.952 bits per heavy atom. The molecule has 0 aliphatic carbocycles. The van der Waals surface area contributed by atoms with Gasteiger partial charge in [0.1, 0.15) is 6.17 Å². The number of rotatable bonds is 2. The lowest BCUT2D eigenvalue weighted by molar-refractivity contribution is 0.0733. The molecule has 1 heterocycles. The summed E-state index contributed by atoms with van der Waals surface area (Å²) in [6.07, 6.45) is -0.179. The van der Waals surface area contributed by atoms with Gasteiger partial charge in [0, 0.05) is 24.8 Å². The molecule has 1 aliphatic heterocycles. The molecule has 0 aromatic heterocycles. The van der Waals surface area contributed by atoms with Gasteiger partial charge in [-0.15, -0.1) is 0 Å². The van der Waals surface area contributed by atoms with E-state index in [1.807, 2.05) is 66.7 Å². The summed E-state index contributed by atoms with van der Waals surface area (Å²) in [5.74, 6) is 0. The van der Waals surface area contributed by atoms with E-state index in [1.54, 1.807) is 17.0 Å². The van der Waals surface area contributed by atoms with Crippen molar-refractivity contribution in [3.05, 3.63) is 65.2 Å². The number of hydrogen-bond donors (Lipinski definition) is 0. The molecule has 1 atom stereocenters. The zero-order chi connectivity index (χ0) is 15.0. The lowest BCUT2D eigenvalue weighted by Gasteiger charge is -2.27. The van der Waals surface area contributed by atoms with Gasteiger partial charge in [0.05, 0.1) is 0 Å². The average molecular weight is 302 g/mol. The van der Waals surface area contributed by atoms with E-state index < -0.39 is 0 Å². The van der Waals surface area contributed by atoms with Crippen molar-refractivity contribution in [3.63, 3.8) is 0 Å². The minimum absolute atomic E-state index is 0.0522. The largest absolute Gasteiger partial charge is 0.340 e. The topological polar surface area (TPSA) is 26.8 Å². The third-order valence-electron chi connectivity index (χ3n) is 3.76. The van der Waals surface area contributed by atoms with Crippen LogP contribution in [0.1, 0.15) is 11.7 Å². The normalized spacial score (nSPS) is 19.4. The predicted molar refractivity (Wildman–Crippen MR) is 84.0 cm³/mol. The molecule has 0 saturated carbocycles. The smallest absolute Gasteiger partial charge is 0.271 e. The second-order valence-corrected chi connectivity index (χ2v) is 5.45. The van der Waals surface area contributed by atoms with Crippen LogP contribution >= 0.6 is 11.6 Å². The molecule has 2 amide bonds. The fourth-order valence-electron chi connectivity index (χ4n) is 2.57. The maximum absolute atomic E-state index is 12.6. The fraction of sp³-hybridized carbons (Fsp3) is 0.188. The molecule has 21 heavy (non-hydrogen) atoms. The van der Waals surface area contributed by atoms with Gasteiger partial charge in [-0.05, 0) is 29.8 Å². The van der Waals surface area contributed by atoms with Gasteiger partial charge in [0.25, 0.3) is 0 Å². The average Bonchev–Trinajstić information content (AvgIpc) is 2.73. The molecule has 1 unspecified atom stereocenters. The van der Waals surface area contributed by atoms with Gasteiger partial charge in [0.2, 0.25) is 0 Å². The zero-order valence-corrected chi connectivity index (χ0v) is 12.7. The molecule has 0 N–H and O–H groups in total. The first-order valence-electron chi connectivity index (χ1n) is 6.70. The van der Waals surface area contributed by atoms with Crippen LogP contribution in [0.2, 0.25) is 5.02 Å². The van der Waals surface area contributed by atoms with Gasteiger partial charge in [-0.3, -0.25) is 9.91 Å². The molecular weight excluding hydrogens is 286 g/mol. The number of carbonyl (C=O) groups excluding carboxylic acids is 1. The summed E-state index contributed by atoms with van der Waals surface area (Å²) < 4.78 is 0. The van der Waals surface area contributed by atoms with Gasteiger partial charge < -0.3 is 0 Å². The van der Waals surface area contributed by atoms with E-state index in [1.165, 1.54) is 0 Å². The molecule has 4 nitrogen and oxygen atoms in total. The first-order valence-corrected chi connectivity index (χ1v) is 7.07. The second-order valence-electron chi connectivity index (χ2n) is 5.01. The number of hydrogen-bond acceptors (Lipinski definition) is 2. The van der Waals surface area contributed by atoms with Crippen LogP contribution in [0.3, 0.4) is 0 Å². The molecule has 0 spiro atoms. The van der Waals surface area contributed by atoms with E-state index in [2.05, 4.69) is 0 Å². The number of anilines is 1. The minimum Gasteiger partial charge on any atom is -0.271 e. The van der Waals surface area contributed by atoms with E-state index in [4.69, 9.17) is 11.6 Å². The van der Waals surface area contributed by atoms with Crippen LogP contribution in [-0.4, -0.2) is 30.1 Å². The van der Waals surface area contributed by atoms with E-state index >= 15 is 0 Å². The van der Waals surface area contributed by atoms with Crippen LogP contribution in [0.4, 0.5) is 10.5 Å². The van der Waals surface area contributed by atoms with Crippen molar-refractivity contribution in [1.29, 1.82) is 0 Å². The van der Waals surface area contributed by atoms with E-state index in [0.717, 1.165) is 11.3 Å². The standard InChI is InChI=1S/C16H16ClN3O/c1-18-15(12-8-10-13(17)11-9-12)20(16(21)19(18)2)14-6-4-3-5-7-14/h3-11,15H,1-2H3. The number of nitrogens with zero attached hydrogens (tertiary/aromatic N) is 3. The fourth-order valence-corrected chi connectivity index (χ4v) is 2.69. The van der Waals surface area contributed by atoms with Gasteiger partial charge in [0.15, 0.2) is 0 Å². The highest BCUT2D eigenvalue weighted by atomic mass is 35.5. The highest BCUT2D eigenvalue weighted by molar-refractivity contribution is 6.30. The molecule has 1 fully saturated rings. The Labute approximate surface area is 129 Å². The van der Waals surface area contributed by atoms with Gasteiger partial charge in [-0.2, -0.15) is 5.01 Å². The van der Waals surface area contributed by atoms with Crippen LogP contribution in [-0.2, 0) is 0 Å². The Morgan fingerprint density at radius 2 is 1.57 bits per heavy atom. The summed E-state index contributed by atoms with van der Waals surface area (Å²) >= 11 is 5.96. The lowest BCUT2D eigenvalue weighted by atomic mass is 10.1. The van der Waals surface area contributed by atoms with Crippen LogP contribution in [0.25, 0.3) is 0 Å². The summed E-state index contributed by atoms with van der Waals surface area (Å²) in [5, 5.41) is 4.22. The number of para-hydroxylation sites is 1. The summed E-state index contributed by atoms with van der Waals surface area (Å²) in [4.78, 5) is 14.3. The summed E-state index contributed by atoms with van der Waals surface area (Å²) in [6.45, 7) is 0. The van der Waals surface area contributed by atoms with Crippen LogP contribution in [0.15, 0.2) is 54.6 Å². The third kappa shape index (κ3) is 2.37. The van der Waals surface area contributed by atoms with E-state index in [9.17, 15) is 4.79 Å². The third-order valence-corrected chi connectivity index (χ3v) is 4.01. The Balaban J connectivity index is 2.06. The number of carbonyl (C=O) groups is 1. The van der Waals surface area contributed by atoms with Gasteiger partial charge >= 0.3 is 6.03 Å². The highest BCUT2D eigenvalue weighted by Gasteiger charge is 2.41. The quantitative estimate of drug-likeness (QED) is 0.844. The lowest BCUT2D eigenvalue weighted by Crippen LogP contribution is -2.32. The van der Waals surface area contributed by atoms with E-state index in [-0.39, 0.29) is 12.2 Å². The van der Waals surface area contributed by atoms with Crippen molar-refractivity contribution >= 4 is 23.3 Å². The van der Waals surface area contributed by atoms with Crippen molar-refractivity contribution in [2.75, 3.05) is 19.0 Å². The first kappa shape index (κ1) is 13.9. The van der Waals surface area contributed by atoms with E-state index in [0.29, 0.717) is 5.02 Å². The summed E-state index contributed by atoms with van der Waals surface area (Å²) in [5.41, 5.74) is 1.89. The Morgan fingerprint density at radius 3 is 2.19 bits per heavy atom. The summed E-state index contributed by atoms with van der Waals surface area (Å²) in [6, 6.07) is 17.2. The molecule has 5 heteroatoms. The molecule has 108 valence electrons. The minimum atomic E-state index is -0.179. The van der Waals surface area contributed by atoms with Gasteiger partial charge in [-0.1, -0.05) is 41.9 Å². The SMILES string of the molecule is CN1C(=O)N(c2ccccc2)C(c2ccc(Cl)cc2)N1C. The number of halogens is 1. The molecule has 1 aliphatic rings. The molecule has 3 rings (SSSR count). The van der Waals surface area contributed by atoms with Crippen molar-refractivity contribution in [2.24, 2.45) is 0 Å². The molecular formula is C16H16ClN3O. The zero-order valence-electron chi connectivity index (χ0n) is 11.9. The molecule has 1 saturated heterocycles. The van der Waals surface area contributed by atoms with Crippen LogP contribution in [0, 0.1) is 0 Å². The van der Waals surface area contributed by atoms with Crippen molar-refractivity contribution in [1.82, 2.24) is 10.0 Å². The molecule has 2 aromatic rings. The molecule has 0 bridgehead atoms. The Bertz CT molecular complexity index is 644. The number of hydrazine groups is 1. The number of benzene rings is 2. The van der Waals surface area contributed by atoms with Crippen molar-refractivity contribution in [2.45, 2.75) is 6.17 Å². The van der Waals surface area contributed by atoms with Crippen LogP contribution in [0.5, 0.6) is 0 Å². The molecule has 0 radical (unpaired) electrons. The number of amides is 2. The predicted octanol–water partition coefficient (Wildman–Crippen LogP) is 3.76. The Hall–Kier alpha value is -2.04. The number of urea groups is 1. The highest BCUT2D eigenvalue weighted by Crippen LogP contribution is 2.36. The summed E-state index contributed by atoms with van der Waals surface area (Å²) in [7, 11) is 3.67. The molecule has 2 aromatic carbocycles.